The van der Waals surface area contributed by atoms with E-state index in [0.29, 0.717) is 31.1 Å². The Kier molecular flexibility index (Phi) is 4.78. The molecule has 1 aromatic rings. The second-order valence-corrected chi connectivity index (χ2v) is 5.05. The first-order valence-corrected chi connectivity index (χ1v) is 6.68. The summed E-state index contributed by atoms with van der Waals surface area (Å²) in [6, 6.07) is 9.50. The van der Waals surface area contributed by atoms with Gasteiger partial charge in [-0.1, -0.05) is 23.7 Å². The number of amides is 1. The first-order chi connectivity index (χ1) is 9.19. The zero-order chi connectivity index (χ0) is 13.7. The molecule has 0 N–H and O–H groups in total. The van der Waals surface area contributed by atoms with E-state index >= 15 is 0 Å². The molecule has 2 rings (SSSR count). The van der Waals surface area contributed by atoms with Crippen LogP contribution in [0.3, 0.4) is 0 Å². The van der Waals surface area contributed by atoms with E-state index in [1.54, 1.807) is 12.1 Å². The summed E-state index contributed by atoms with van der Waals surface area (Å²) in [5.41, 5.74) is 0.980. The van der Waals surface area contributed by atoms with Crippen LogP contribution in [0.2, 0.25) is 5.02 Å². The number of hydrogen-bond acceptors (Lipinski definition) is 3. The summed E-state index contributed by atoms with van der Waals surface area (Å²) in [6.07, 6.45) is 0.412. The molecule has 0 atom stereocenters. The van der Waals surface area contributed by atoms with E-state index in [-0.39, 0.29) is 5.91 Å². The highest BCUT2D eigenvalue weighted by Crippen LogP contribution is 2.11. The van der Waals surface area contributed by atoms with Crippen molar-refractivity contribution in [1.29, 1.82) is 5.26 Å². The molecule has 1 aromatic carbocycles. The average Bonchev–Trinajstić information content (AvgIpc) is 2.42. The summed E-state index contributed by atoms with van der Waals surface area (Å²) in [5.74, 6) is 0.138. The lowest BCUT2D eigenvalue weighted by molar-refractivity contribution is -0.132. The normalized spacial score (nSPS) is 16.1. The third-order valence-electron chi connectivity index (χ3n) is 3.29. The van der Waals surface area contributed by atoms with Crippen molar-refractivity contribution in [2.24, 2.45) is 0 Å². The van der Waals surface area contributed by atoms with Crippen LogP contribution in [-0.2, 0) is 11.2 Å². The maximum atomic E-state index is 12.1. The molecule has 19 heavy (non-hydrogen) atoms. The van der Waals surface area contributed by atoms with Gasteiger partial charge in [-0.25, -0.2) is 0 Å². The number of carbonyl (C=O) groups excluding carboxylic acids is 1. The molecule has 1 aliphatic rings. The molecule has 1 heterocycles. The molecule has 100 valence electrons. The predicted octanol–water partition coefficient (Wildman–Crippen LogP) is 1.55. The molecule has 0 aromatic heterocycles. The van der Waals surface area contributed by atoms with Crippen molar-refractivity contribution in [2.75, 3.05) is 32.7 Å². The number of halogens is 1. The van der Waals surface area contributed by atoms with Crippen LogP contribution in [0, 0.1) is 11.3 Å². The highest BCUT2D eigenvalue weighted by atomic mass is 35.5. The molecule has 1 amide bonds. The lowest BCUT2D eigenvalue weighted by Crippen LogP contribution is -2.49. The van der Waals surface area contributed by atoms with Crippen LogP contribution in [0.4, 0.5) is 0 Å². The summed E-state index contributed by atoms with van der Waals surface area (Å²) in [6.45, 7) is 3.40. The van der Waals surface area contributed by atoms with Crippen molar-refractivity contribution in [3.63, 3.8) is 0 Å². The van der Waals surface area contributed by atoms with Gasteiger partial charge in [0.15, 0.2) is 0 Å². The molecule has 1 fully saturated rings. The first-order valence-electron chi connectivity index (χ1n) is 6.30. The maximum absolute atomic E-state index is 12.1. The van der Waals surface area contributed by atoms with Gasteiger partial charge in [0.2, 0.25) is 5.91 Å². The van der Waals surface area contributed by atoms with Gasteiger partial charge in [-0.05, 0) is 17.7 Å². The zero-order valence-corrected chi connectivity index (χ0v) is 11.4. The molecule has 4 nitrogen and oxygen atoms in total. The van der Waals surface area contributed by atoms with E-state index < -0.39 is 0 Å². The van der Waals surface area contributed by atoms with E-state index in [9.17, 15) is 4.79 Å². The lowest BCUT2D eigenvalue weighted by Gasteiger charge is -2.33. The summed E-state index contributed by atoms with van der Waals surface area (Å²) >= 11 is 5.82. The standard InChI is InChI=1S/C14H16ClN3O/c15-13-3-1-12(2-4-13)11-14(19)18-9-7-17(6-5-16)8-10-18/h1-4H,6-11H2. The van der Waals surface area contributed by atoms with E-state index in [1.807, 2.05) is 17.0 Å². The number of carbonyl (C=O) groups is 1. The fraction of sp³-hybridized carbons (Fsp3) is 0.429. The Morgan fingerprint density at radius 2 is 1.84 bits per heavy atom. The molecular weight excluding hydrogens is 262 g/mol. The predicted molar refractivity (Wildman–Crippen MR) is 73.8 cm³/mol. The van der Waals surface area contributed by atoms with Gasteiger partial charge in [-0.15, -0.1) is 0 Å². The van der Waals surface area contributed by atoms with Gasteiger partial charge < -0.3 is 4.90 Å². The van der Waals surface area contributed by atoms with Crippen LogP contribution in [0.15, 0.2) is 24.3 Å². The second kappa shape index (κ2) is 6.55. The minimum Gasteiger partial charge on any atom is -0.340 e. The van der Waals surface area contributed by atoms with Gasteiger partial charge in [0.25, 0.3) is 0 Å². The summed E-state index contributed by atoms with van der Waals surface area (Å²) in [7, 11) is 0. The van der Waals surface area contributed by atoms with Gasteiger partial charge in [0.1, 0.15) is 0 Å². The van der Waals surface area contributed by atoms with Gasteiger partial charge in [-0.2, -0.15) is 5.26 Å². The Labute approximate surface area is 118 Å². The van der Waals surface area contributed by atoms with E-state index in [0.717, 1.165) is 18.7 Å². The van der Waals surface area contributed by atoms with Crippen molar-refractivity contribution in [2.45, 2.75) is 6.42 Å². The zero-order valence-electron chi connectivity index (χ0n) is 10.7. The molecule has 0 bridgehead atoms. The Balaban J connectivity index is 1.85. The third-order valence-corrected chi connectivity index (χ3v) is 3.54. The molecule has 0 radical (unpaired) electrons. The van der Waals surface area contributed by atoms with E-state index in [4.69, 9.17) is 16.9 Å². The minimum atomic E-state index is 0.138. The largest absolute Gasteiger partial charge is 0.340 e. The van der Waals surface area contributed by atoms with Crippen LogP contribution in [0.1, 0.15) is 5.56 Å². The van der Waals surface area contributed by atoms with E-state index in [1.165, 1.54) is 0 Å². The Hall–Kier alpha value is -1.57. The Morgan fingerprint density at radius 1 is 1.21 bits per heavy atom. The molecule has 1 aliphatic heterocycles. The van der Waals surface area contributed by atoms with Crippen LogP contribution in [0.5, 0.6) is 0 Å². The van der Waals surface area contributed by atoms with Gasteiger partial charge in [-0.3, -0.25) is 9.69 Å². The quantitative estimate of drug-likeness (QED) is 0.788. The molecule has 0 saturated carbocycles. The maximum Gasteiger partial charge on any atom is 0.227 e. The van der Waals surface area contributed by atoms with Crippen LogP contribution >= 0.6 is 11.6 Å². The summed E-state index contributed by atoms with van der Waals surface area (Å²) in [4.78, 5) is 16.1. The van der Waals surface area contributed by atoms with Crippen molar-refractivity contribution >= 4 is 17.5 Å². The van der Waals surface area contributed by atoms with Gasteiger partial charge >= 0.3 is 0 Å². The summed E-state index contributed by atoms with van der Waals surface area (Å²) in [5, 5.41) is 9.31. The molecule has 0 spiro atoms. The monoisotopic (exact) mass is 277 g/mol. The smallest absolute Gasteiger partial charge is 0.227 e. The van der Waals surface area contributed by atoms with Crippen molar-refractivity contribution in [1.82, 2.24) is 9.80 Å². The summed E-state index contributed by atoms with van der Waals surface area (Å²) < 4.78 is 0. The van der Waals surface area contributed by atoms with Crippen LogP contribution < -0.4 is 0 Å². The Morgan fingerprint density at radius 3 is 2.42 bits per heavy atom. The SMILES string of the molecule is N#CCN1CCN(C(=O)Cc2ccc(Cl)cc2)CC1. The molecular formula is C14H16ClN3O. The highest BCUT2D eigenvalue weighted by Gasteiger charge is 2.20. The molecule has 1 saturated heterocycles. The van der Waals surface area contributed by atoms with Crippen LogP contribution in [-0.4, -0.2) is 48.4 Å². The number of rotatable bonds is 3. The second-order valence-electron chi connectivity index (χ2n) is 4.62. The Bertz CT molecular complexity index is 472. The lowest BCUT2D eigenvalue weighted by atomic mass is 10.1. The highest BCUT2D eigenvalue weighted by molar-refractivity contribution is 6.30. The van der Waals surface area contributed by atoms with Crippen molar-refractivity contribution in [3.05, 3.63) is 34.9 Å². The number of hydrogen-bond donors (Lipinski definition) is 0. The van der Waals surface area contributed by atoms with Crippen LogP contribution in [0.25, 0.3) is 0 Å². The van der Waals surface area contributed by atoms with Crippen molar-refractivity contribution < 1.29 is 4.79 Å². The fourth-order valence-electron chi connectivity index (χ4n) is 2.14. The topological polar surface area (TPSA) is 47.3 Å². The fourth-order valence-corrected chi connectivity index (χ4v) is 2.27. The number of benzene rings is 1. The van der Waals surface area contributed by atoms with Gasteiger partial charge in [0.05, 0.1) is 19.0 Å². The average molecular weight is 278 g/mol. The first kappa shape index (κ1) is 13.9. The number of piperazine rings is 1. The minimum absolute atomic E-state index is 0.138. The molecule has 0 unspecified atom stereocenters. The van der Waals surface area contributed by atoms with Gasteiger partial charge in [0, 0.05) is 31.2 Å². The number of nitrogens with zero attached hydrogens (tertiary/aromatic N) is 3. The molecule has 0 aliphatic carbocycles. The number of nitriles is 1. The van der Waals surface area contributed by atoms with E-state index in [2.05, 4.69) is 11.0 Å². The van der Waals surface area contributed by atoms with Crippen molar-refractivity contribution in [3.8, 4) is 6.07 Å². The molecule has 5 heteroatoms. The third kappa shape index (κ3) is 3.95.